The van der Waals surface area contributed by atoms with Crippen molar-refractivity contribution in [3.05, 3.63) is 35.1 Å². The van der Waals surface area contributed by atoms with Gasteiger partial charge in [0.1, 0.15) is 16.6 Å². The van der Waals surface area contributed by atoms with Gasteiger partial charge in [-0.05, 0) is 24.3 Å². The van der Waals surface area contributed by atoms with Gasteiger partial charge in [0.05, 0.1) is 0 Å². The molecule has 0 aliphatic heterocycles. The van der Waals surface area contributed by atoms with Crippen molar-refractivity contribution in [2.24, 2.45) is 0 Å². The van der Waals surface area contributed by atoms with Crippen LogP contribution in [-0.2, 0) is 11.3 Å². The van der Waals surface area contributed by atoms with Crippen molar-refractivity contribution in [1.29, 1.82) is 0 Å². The van der Waals surface area contributed by atoms with E-state index in [1.54, 1.807) is 11.3 Å². The van der Waals surface area contributed by atoms with Crippen LogP contribution in [0.25, 0.3) is 10.2 Å². The SMILES string of the molecule is C=CCCCOCc1nc(Cl)c2ccsc2n1. The van der Waals surface area contributed by atoms with E-state index in [1.807, 2.05) is 17.5 Å². The second-order valence-corrected chi connectivity index (χ2v) is 4.81. The molecule has 5 heteroatoms. The molecular weight excluding hydrogens is 256 g/mol. The molecule has 0 N–H and O–H groups in total. The highest BCUT2D eigenvalue weighted by Crippen LogP contribution is 2.24. The van der Waals surface area contributed by atoms with E-state index in [9.17, 15) is 0 Å². The number of hydrogen-bond donors (Lipinski definition) is 0. The minimum atomic E-state index is 0.407. The highest BCUT2D eigenvalue weighted by molar-refractivity contribution is 7.16. The summed E-state index contributed by atoms with van der Waals surface area (Å²) in [6, 6.07) is 1.93. The van der Waals surface area contributed by atoms with Crippen LogP contribution in [0.5, 0.6) is 0 Å². The lowest BCUT2D eigenvalue weighted by molar-refractivity contribution is 0.114. The van der Waals surface area contributed by atoms with Gasteiger partial charge in [0.15, 0.2) is 5.82 Å². The third-order valence-electron chi connectivity index (χ3n) is 2.25. The quantitative estimate of drug-likeness (QED) is 0.454. The van der Waals surface area contributed by atoms with Gasteiger partial charge in [-0.3, -0.25) is 0 Å². The molecule has 90 valence electrons. The third kappa shape index (κ3) is 3.25. The largest absolute Gasteiger partial charge is 0.373 e. The molecule has 2 rings (SSSR count). The molecule has 0 spiro atoms. The fraction of sp³-hybridized carbons (Fsp3) is 0.333. The Morgan fingerprint density at radius 1 is 1.47 bits per heavy atom. The fourth-order valence-corrected chi connectivity index (χ4v) is 2.51. The molecule has 2 aromatic heterocycles. The topological polar surface area (TPSA) is 35.0 Å². The van der Waals surface area contributed by atoms with Crippen LogP contribution in [-0.4, -0.2) is 16.6 Å². The Balaban J connectivity index is 1.96. The van der Waals surface area contributed by atoms with Gasteiger partial charge in [-0.25, -0.2) is 9.97 Å². The van der Waals surface area contributed by atoms with Crippen molar-refractivity contribution in [2.45, 2.75) is 19.4 Å². The molecule has 0 unspecified atom stereocenters. The summed E-state index contributed by atoms with van der Waals surface area (Å²) in [6.07, 6.45) is 3.82. The lowest BCUT2D eigenvalue weighted by Gasteiger charge is -2.03. The summed E-state index contributed by atoms with van der Waals surface area (Å²) >= 11 is 7.61. The van der Waals surface area contributed by atoms with E-state index in [1.165, 1.54) is 0 Å². The number of rotatable bonds is 6. The first kappa shape index (κ1) is 12.5. The van der Waals surface area contributed by atoms with E-state index in [0.717, 1.165) is 23.1 Å². The van der Waals surface area contributed by atoms with Crippen LogP contribution in [0.1, 0.15) is 18.7 Å². The minimum Gasteiger partial charge on any atom is -0.373 e. The van der Waals surface area contributed by atoms with Gasteiger partial charge in [-0.1, -0.05) is 17.7 Å². The van der Waals surface area contributed by atoms with E-state index in [4.69, 9.17) is 16.3 Å². The van der Waals surface area contributed by atoms with Gasteiger partial charge >= 0.3 is 0 Å². The molecular formula is C12H13ClN2OS. The predicted octanol–water partition coefficient (Wildman–Crippen LogP) is 3.83. The molecule has 0 amide bonds. The number of halogens is 1. The van der Waals surface area contributed by atoms with Crippen LogP contribution >= 0.6 is 22.9 Å². The zero-order chi connectivity index (χ0) is 12.1. The Hall–Kier alpha value is -0.970. The molecule has 3 nitrogen and oxygen atoms in total. The Bertz CT molecular complexity index is 512. The van der Waals surface area contributed by atoms with Crippen LogP contribution in [0.4, 0.5) is 0 Å². The maximum Gasteiger partial charge on any atom is 0.157 e. The summed E-state index contributed by atoms with van der Waals surface area (Å²) in [5.41, 5.74) is 0. The first-order valence-corrected chi connectivity index (χ1v) is 6.65. The van der Waals surface area contributed by atoms with Gasteiger partial charge in [-0.2, -0.15) is 0 Å². The van der Waals surface area contributed by atoms with E-state index >= 15 is 0 Å². The maximum absolute atomic E-state index is 6.05. The fourth-order valence-electron chi connectivity index (χ4n) is 1.42. The Morgan fingerprint density at radius 3 is 3.18 bits per heavy atom. The second kappa shape index (κ2) is 6.10. The van der Waals surface area contributed by atoms with Crippen LogP contribution < -0.4 is 0 Å². The summed E-state index contributed by atoms with van der Waals surface area (Å²) in [5, 5.41) is 3.37. The van der Waals surface area contributed by atoms with Crippen LogP contribution in [0.2, 0.25) is 5.15 Å². The summed E-state index contributed by atoms with van der Waals surface area (Å²) < 4.78 is 5.48. The van der Waals surface area contributed by atoms with Gasteiger partial charge in [0.25, 0.3) is 0 Å². The summed E-state index contributed by atoms with van der Waals surface area (Å²) in [4.78, 5) is 9.51. The second-order valence-electron chi connectivity index (χ2n) is 3.55. The standard InChI is InChI=1S/C12H13ClN2OS/c1-2-3-4-6-16-8-10-14-11(13)9-5-7-17-12(9)15-10/h2,5,7H,1,3-4,6,8H2. The van der Waals surface area contributed by atoms with Crippen molar-refractivity contribution >= 4 is 33.2 Å². The number of allylic oxidation sites excluding steroid dienone is 1. The highest BCUT2D eigenvalue weighted by atomic mass is 35.5. The average molecular weight is 269 g/mol. The monoisotopic (exact) mass is 268 g/mol. The first-order chi connectivity index (χ1) is 8.31. The molecule has 0 atom stereocenters. The third-order valence-corrected chi connectivity index (χ3v) is 3.35. The number of nitrogens with zero attached hydrogens (tertiary/aromatic N) is 2. The van der Waals surface area contributed by atoms with E-state index in [2.05, 4.69) is 16.5 Å². The van der Waals surface area contributed by atoms with Gasteiger partial charge in [-0.15, -0.1) is 17.9 Å². The molecule has 0 saturated heterocycles. The summed E-state index contributed by atoms with van der Waals surface area (Å²) in [5.74, 6) is 0.642. The molecule has 0 aliphatic rings. The number of thiophene rings is 1. The van der Waals surface area contributed by atoms with Crippen molar-refractivity contribution in [2.75, 3.05) is 6.61 Å². The van der Waals surface area contributed by atoms with Gasteiger partial charge < -0.3 is 4.74 Å². The summed E-state index contributed by atoms with van der Waals surface area (Å²) in [6.45, 7) is 4.76. The lowest BCUT2D eigenvalue weighted by atomic mass is 10.3. The molecule has 0 fully saturated rings. The first-order valence-electron chi connectivity index (χ1n) is 5.39. The molecule has 0 aliphatic carbocycles. The van der Waals surface area contributed by atoms with Gasteiger partial charge in [0.2, 0.25) is 0 Å². The zero-order valence-corrected chi connectivity index (χ0v) is 10.9. The van der Waals surface area contributed by atoms with Crippen molar-refractivity contribution < 1.29 is 4.74 Å². The molecule has 0 bridgehead atoms. The number of aromatic nitrogens is 2. The average Bonchev–Trinajstić information content (AvgIpc) is 2.77. The Labute approximate surface area is 109 Å². The van der Waals surface area contributed by atoms with Gasteiger partial charge in [0, 0.05) is 12.0 Å². The van der Waals surface area contributed by atoms with E-state index in [0.29, 0.717) is 24.2 Å². The predicted molar refractivity (Wildman–Crippen MR) is 71.5 cm³/mol. The van der Waals surface area contributed by atoms with Crippen LogP contribution in [0, 0.1) is 0 Å². The molecule has 17 heavy (non-hydrogen) atoms. The number of fused-ring (bicyclic) bond motifs is 1. The van der Waals surface area contributed by atoms with Crippen LogP contribution in [0.15, 0.2) is 24.1 Å². The van der Waals surface area contributed by atoms with Crippen molar-refractivity contribution in [3.8, 4) is 0 Å². The van der Waals surface area contributed by atoms with E-state index in [-0.39, 0.29) is 0 Å². The number of ether oxygens (including phenoxy) is 1. The zero-order valence-electron chi connectivity index (χ0n) is 9.36. The Morgan fingerprint density at radius 2 is 2.35 bits per heavy atom. The molecule has 0 radical (unpaired) electrons. The normalized spacial score (nSPS) is 10.9. The van der Waals surface area contributed by atoms with Crippen molar-refractivity contribution in [3.63, 3.8) is 0 Å². The van der Waals surface area contributed by atoms with Crippen LogP contribution in [0.3, 0.4) is 0 Å². The van der Waals surface area contributed by atoms with Crippen molar-refractivity contribution in [1.82, 2.24) is 9.97 Å². The lowest BCUT2D eigenvalue weighted by Crippen LogP contribution is -2.00. The molecule has 0 saturated carbocycles. The number of hydrogen-bond acceptors (Lipinski definition) is 4. The molecule has 0 aromatic carbocycles. The highest BCUT2D eigenvalue weighted by Gasteiger charge is 2.06. The summed E-state index contributed by atoms with van der Waals surface area (Å²) in [7, 11) is 0. The van der Waals surface area contributed by atoms with E-state index < -0.39 is 0 Å². The molecule has 2 aromatic rings. The maximum atomic E-state index is 6.05. The molecule has 2 heterocycles. The smallest absolute Gasteiger partial charge is 0.157 e. The number of unbranched alkanes of at least 4 members (excludes halogenated alkanes) is 1. The minimum absolute atomic E-state index is 0.407. The Kier molecular flexibility index (Phi) is 4.48.